The summed E-state index contributed by atoms with van der Waals surface area (Å²) in [5, 5.41) is 0.424. The van der Waals surface area contributed by atoms with Crippen LogP contribution in [0.1, 0.15) is 13.8 Å². The maximum absolute atomic E-state index is 5.72. The Balaban J connectivity index is 4.15. The van der Waals surface area contributed by atoms with E-state index >= 15 is 0 Å². The van der Waals surface area contributed by atoms with Gasteiger partial charge in [0.15, 0.2) is 0 Å². The van der Waals surface area contributed by atoms with E-state index in [0.29, 0.717) is 5.16 Å². The van der Waals surface area contributed by atoms with Crippen LogP contribution in [-0.4, -0.2) is 18.0 Å². The van der Waals surface area contributed by atoms with Crippen molar-refractivity contribution >= 4 is 34.8 Å². The van der Waals surface area contributed by atoms with Crippen molar-refractivity contribution in [3.05, 3.63) is 9.65 Å². The van der Waals surface area contributed by atoms with Crippen molar-refractivity contribution in [3.8, 4) is 0 Å². The molecule has 0 radical (unpaired) electrons. The Morgan fingerprint density at radius 2 is 1.50 bits per heavy atom. The Hall–Kier alpha value is 0.410. The van der Waals surface area contributed by atoms with Gasteiger partial charge in [0.2, 0.25) is 0 Å². The normalized spacial score (nSPS) is 9.30. The largest absolute Gasteiger partial charge is 0.361 e. The van der Waals surface area contributed by atoms with Crippen LogP contribution in [0.5, 0.6) is 0 Å². The SMILES string of the molecule is CCN(CC)C(Cl)=C(Cl)Cl. The highest BCUT2D eigenvalue weighted by molar-refractivity contribution is 6.59. The average Bonchev–Trinajstić information content (AvgIpc) is 1.90. The maximum atomic E-state index is 5.72. The number of hydrogen-bond donors (Lipinski definition) is 0. The van der Waals surface area contributed by atoms with Gasteiger partial charge in [-0.2, -0.15) is 0 Å². The highest BCUT2D eigenvalue weighted by atomic mass is 35.5. The Labute approximate surface area is 76.5 Å². The summed E-state index contributed by atoms with van der Waals surface area (Å²) in [5.41, 5.74) is 0. The Morgan fingerprint density at radius 3 is 1.60 bits per heavy atom. The Bertz CT molecular complexity index is 125. The van der Waals surface area contributed by atoms with Gasteiger partial charge in [0.1, 0.15) is 9.65 Å². The minimum atomic E-state index is 0.130. The van der Waals surface area contributed by atoms with Crippen LogP contribution in [0.15, 0.2) is 9.65 Å². The lowest BCUT2D eigenvalue weighted by Gasteiger charge is -2.18. The quantitative estimate of drug-likeness (QED) is 0.636. The van der Waals surface area contributed by atoms with Gasteiger partial charge < -0.3 is 4.90 Å². The monoisotopic (exact) mass is 201 g/mol. The summed E-state index contributed by atoms with van der Waals surface area (Å²) in [4.78, 5) is 1.87. The molecule has 0 aromatic heterocycles. The van der Waals surface area contributed by atoms with Gasteiger partial charge in [-0.3, -0.25) is 0 Å². The lowest BCUT2D eigenvalue weighted by molar-refractivity contribution is 0.406. The van der Waals surface area contributed by atoms with Gasteiger partial charge in [0, 0.05) is 13.1 Å². The number of hydrogen-bond acceptors (Lipinski definition) is 1. The second-order valence-electron chi connectivity index (χ2n) is 1.72. The first kappa shape index (κ1) is 10.4. The molecule has 0 aromatic carbocycles. The van der Waals surface area contributed by atoms with Crippen LogP contribution in [0.2, 0.25) is 0 Å². The molecule has 0 spiro atoms. The molecule has 0 saturated heterocycles. The number of nitrogens with zero attached hydrogens (tertiary/aromatic N) is 1. The van der Waals surface area contributed by atoms with Crippen LogP contribution in [0.25, 0.3) is 0 Å². The lowest BCUT2D eigenvalue weighted by atomic mass is 10.5. The molecule has 10 heavy (non-hydrogen) atoms. The average molecular weight is 203 g/mol. The van der Waals surface area contributed by atoms with Crippen molar-refractivity contribution in [2.45, 2.75) is 13.8 Å². The molecule has 0 amide bonds. The Morgan fingerprint density at radius 1 is 1.10 bits per heavy atom. The van der Waals surface area contributed by atoms with Crippen molar-refractivity contribution in [2.75, 3.05) is 13.1 Å². The van der Waals surface area contributed by atoms with Gasteiger partial charge in [-0.15, -0.1) is 0 Å². The first-order valence-electron chi connectivity index (χ1n) is 3.09. The standard InChI is InChI=1S/C6H10Cl3N/c1-3-10(4-2)6(9)5(7)8/h3-4H2,1-2H3. The van der Waals surface area contributed by atoms with Gasteiger partial charge in [0.05, 0.1) is 0 Å². The molecule has 0 saturated carbocycles. The van der Waals surface area contributed by atoms with E-state index in [1.165, 1.54) is 0 Å². The maximum Gasteiger partial charge on any atom is 0.141 e. The van der Waals surface area contributed by atoms with Crippen molar-refractivity contribution in [3.63, 3.8) is 0 Å². The summed E-state index contributed by atoms with van der Waals surface area (Å²) in [6.07, 6.45) is 0. The third kappa shape index (κ3) is 3.00. The highest BCUT2D eigenvalue weighted by Crippen LogP contribution is 2.20. The summed E-state index contributed by atoms with van der Waals surface area (Å²) in [6, 6.07) is 0. The van der Waals surface area contributed by atoms with E-state index in [4.69, 9.17) is 34.8 Å². The van der Waals surface area contributed by atoms with Gasteiger partial charge >= 0.3 is 0 Å². The van der Waals surface area contributed by atoms with Gasteiger partial charge in [0.25, 0.3) is 0 Å². The van der Waals surface area contributed by atoms with Crippen molar-refractivity contribution in [1.82, 2.24) is 4.90 Å². The minimum absolute atomic E-state index is 0.130. The molecule has 0 bridgehead atoms. The fourth-order valence-electron chi connectivity index (χ4n) is 0.621. The molecular formula is C6H10Cl3N. The molecule has 0 rings (SSSR count). The van der Waals surface area contributed by atoms with E-state index in [9.17, 15) is 0 Å². The van der Waals surface area contributed by atoms with Crippen LogP contribution in [0.4, 0.5) is 0 Å². The van der Waals surface area contributed by atoms with E-state index in [2.05, 4.69) is 0 Å². The Kier molecular flexibility index (Phi) is 5.32. The summed E-state index contributed by atoms with van der Waals surface area (Å²) in [6.45, 7) is 5.61. The molecule has 0 aliphatic heterocycles. The zero-order valence-electron chi connectivity index (χ0n) is 6.00. The molecule has 0 aliphatic carbocycles. The zero-order valence-corrected chi connectivity index (χ0v) is 8.26. The number of halogens is 3. The highest BCUT2D eigenvalue weighted by Gasteiger charge is 2.05. The summed E-state index contributed by atoms with van der Waals surface area (Å²) in [5.74, 6) is 0. The molecule has 0 aromatic rings. The fraction of sp³-hybridized carbons (Fsp3) is 0.667. The molecular weight excluding hydrogens is 192 g/mol. The van der Waals surface area contributed by atoms with Gasteiger partial charge in [-0.05, 0) is 13.8 Å². The molecule has 0 atom stereocenters. The van der Waals surface area contributed by atoms with Crippen LogP contribution in [0.3, 0.4) is 0 Å². The third-order valence-corrected chi connectivity index (χ3v) is 2.18. The van der Waals surface area contributed by atoms with Gasteiger partial charge in [-0.25, -0.2) is 0 Å². The molecule has 4 heteroatoms. The van der Waals surface area contributed by atoms with Crippen LogP contribution in [0, 0.1) is 0 Å². The second-order valence-corrected chi connectivity index (χ2v) is 3.03. The van der Waals surface area contributed by atoms with Crippen LogP contribution in [-0.2, 0) is 0 Å². The third-order valence-electron chi connectivity index (χ3n) is 1.20. The van der Waals surface area contributed by atoms with E-state index in [0.717, 1.165) is 13.1 Å². The topological polar surface area (TPSA) is 3.24 Å². The predicted molar refractivity (Wildman–Crippen MR) is 47.5 cm³/mol. The molecule has 1 nitrogen and oxygen atoms in total. The van der Waals surface area contributed by atoms with E-state index in [1.54, 1.807) is 0 Å². The van der Waals surface area contributed by atoms with E-state index < -0.39 is 0 Å². The molecule has 0 heterocycles. The molecule has 0 unspecified atom stereocenters. The second kappa shape index (κ2) is 5.11. The van der Waals surface area contributed by atoms with E-state index in [1.807, 2.05) is 18.7 Å². The molecule has 0 N–H and O–H groups in total. The van der Waals surface area contributed by atoms with Gasteiger partial charge in [-0.1, -0.05) is 34.8 Å². The molecule has 0 fully saturated rings. The minimum Gasteiger partial charge on any atom is -0.361 e. The van der Waals surface area contributed by atoms with Crippen LogP contribution < -0.4 is 0 Å². The van der Waals surface area contributed by atoms with Crippen LogP contribution >= 0.6 is 34.8 Å². The molecule has 60 valence electrons. The van der Waals surface area contributed by atoms with Crippen molar-refractivity contribution in [1.29, 1.82) is 0 Å². The first-order chi connectivity index (χ1) is 4.63. The van der Waals surface area contributed by atoms with Crippen molar-refractivity contribution < 1.29 is 0 Å². The summed E-state index contributed by atoms with van der Waals surface area (Å²) in [7, 11) is 0. The van der Waals surface area contributed by atoms with Crippen molar-refractivity contribution in [2.24, 2.45) is 0 Å². The first-order valence-corrected chi connectivity index (χ1v) is 4.22. The fourth-order valence-corrected chi connectivity index (χ4v) is 1.10. The molecule has 0 aliphatic rings. The summed E-state index contributed by atoms with van der Waals surface area (Å²) >= 11 is 16.6. The van der Waals surface area contributed by atoms with E-state index in [-0.39, 0.29) is 4.49 Å². The number of rotatable bonds is 3. The smallest absolute Gasteiger partial charge is 0.141 e. The zero-order chi connectivity index (χ0) is 8.15. The predicted octanol–water partition coefficient (Wildman–Crippen LogP) is 3.17. The lowest BCUT2D eigenvalue weighted by Crippen LogP contribution is -2.19. The summed E-state index contributed by atoms with van der Waals surface area (Å²) < 4.78 is 0.130.